The number of hydrogen-bond acceptors (Lipinski definition) is 6. The molecule has 0 aliphatic heterocycles. The van der Waals surface area contributed by atoms with Gasteiger partial charge in [-0.1, -0.05) is 18.2 Å². The van der Waals surface area contributed by atoms with Crippen molar-refractivity contribution in [2.75, 3.05) is 25.1 Å². The van der Waals surface area contributed by atoms with Crippen molar-refractivity contribution in [3.8, 4) is 0 Å². The highest BCUT2D eigenvalue weighted by Crippen LogP contribution is 2.23. The van der Waals surface area contributed by atoms with E-state index in [0.717, 1.165) is 9.87 Å². The molecule has 1 atom stereocenters. The van der Waals surface area contributed by atoms with Gasteiger partial charge in [0.05, 0.1) is 10.5 Å². The summed E-state index contributed by atoms with van der Waals surface area (Å²) < 4.78 is 30.9. The van der Waals surface area contributed by atoms with E-state index in [0.29, 0.717) is 16.9 Å². The Kier molecular flexibility index (Phi) is 6.66. The minimum atomic E-state index is -3.65. The molecule has 0 bridgehead atoms. The van der Waals surface area contributed by atoms with Crippen molar-refractivity contribution >= 4 is 33.3 Å². The minimum absolute atomic E-state index is 0.0422. The second kappa shape index (κ2) is 8.62. The van der Waals surface area contributed by atoms with E-state index in [2.05, 4.69) is 5.32 Å². The van der Waals surface area contributed by atoms with Crippen LogP contribution < -0.4 is 11.1 Å². The number of aryl methyl sites for hydroxylation is 2. The Bertz CT molecular complexity index is 1050. The van der Waals surface area contributed by atoms with Gasteiger partial charge >= 0.3 is 5.97 Å². The van der Waals surface area contributed by atoms with E-state index in [-0.39, 0.29) is 10.5 Å². The van der Waals surface area contributed by atoms with Crippen LogP contribution in [-0.4, -0.2) is 44.8 Å². The molecular weight excluding hydrogens is 394 g/mol. The SMILES string of the molecule is Cc1ccc(S(=O)(=O)N(C)C)cc1NC(=O)C(C)OC(=O)c1cccc(C)c1N. The Hall–Kier alpha value is -2.91. The van der Waals surface area contributed by atoms with Crippen molar-refractivity contribution in [1.29, 1.82) is 0 Å². The first-order valence-corrected chi connectivity index (χ1v) is 10.3. The Morgan fingerprint density at radius 1 is 1.10 bits per heavy atom. The number of para-hydroxylation sites is 1. The first kappa shape index (κ1) is 22.4. The maximum absolute atomic E-state index is 12.5. The topological polar surface area (TPSA) is 119 Å². The zero-order valence-electron chi connectivity index (χ0n) is 17.0. The lowest BCUT2D eigenvalue weighted by molar-refractivity contribution is -0.123. The lowest BCUT2D eigenvalue weighted by Crippen LogP contribution is -2.30. The molecule has 0 fully saturated rings. The molecule has 156 valence electrons. The summed E-state index contributed by atoms with van der Waals surface area (Å²) in [6.45, 7) is 4.92. The van der Waals surface area contributed by atoms with Gasteiger partial charge in [0.2, 0.25) is 10.0 Å². The average Bonchev–Trinajstić information content (AvgIpc) is 2.65. The van der Waals surface area contributed by atoms with Crippen LogP contribution in [0.4, 0.5) is 11.4 Å². The van der Waals surface area contributed by atoms with Crippen LogP contribution in [0.25, 0.3) is 0 Å². The summed E-state index contributed by atoms with van der Waals surface area (Å²) in [5, 5.41) is 2.61. The Morgan fingerprint density at radius 2 is 1.76 bits per heavy atom. The molecule has 1 amide bonds. The lowest BCUT2D eigenvalue weighted by atomic mass is 10.1. The van der Waals surface area contributed by atoms with Gasteiger partial charge < -0.3 is 15.8 Å². The minimum Gasteiger partial charge on any atom is -0.449 e. The molecular formula is C20H25N3O5S. The van der Waals surface area contributed by atoms with Gasteiger partial charge in [-0.25, -0.2) is 17.5 Å². The smallest absolute Gasteiger partial charge is 0.341 e. The maximum Gasteiger partial charge on any atom is 0.341 e. The molecule has 8 nitrogen and oxygen atoms in total. The molecule has 2 aromatic carbocycles. The van der Waals surface area contributed by atoms with E-state index in [9.17, 15) is 18.0 Å². The van der Waals surface area contributed by atoms with Crippen molar-refractivity contribution in [2.45, 2.75) is 31.8 Å². The molecule has 0 heterocycles. The van der Waals surface area contributed by atoms with E-state index < -0.39 is 28.0 Å². The van der Waals surface area contributed by atoms with Crippen LogP contribution in [0.3, 0.4) is 0 Å². The molecule has 29 heavy (non-hydrogen) atoms. The number of amides is 1. The number of nitrogens with zero attached hydrogens (tertiary/aromatic N) is 1. The fourth-order valence-electron chi connectivity index (χ4n) is 2.48. The van der Waals surface area contributed by atoms with Crippen LogP contribution in [0.2, 0.25) is 0 Å². The number of anilines is 2. The van der Waals surface area contributed by atoms with Crippen molar-refractivity contribution in [3.05, 3.63) is 53.1 Å². The third-order valence-electron chi connectivity index (χ3n) is 4.44. The molecule has 3 N–H and O–H groups in total. The van der Waals surface area contributed by atoms with Crippen LogP contribution >= 0.6 is 0 Å². The number of rotatable bonds is 6. The number of nitrogens with two attached hydrogens (primary N) is 1. The van der Waals surface area contributed by atoms with E-state index in [1.807, 2.05) is 0 Å². The van der Waals surface area contributed by atoms with Crippen LogP contribution in [-0.2, 0) is 19.6 Å². The normalized spacial score (nSPS) is 12.5. The van der Waals surface area contributed by atoms with Crippen LogP contribution in [0.15, 0.2) is 41.3 Å². The van der Waals surface area contributed by atoms with Crippen molar-refractivity contribution in [3.63, 3.8) is 0 Å². The summed E-state index contributed by atoms with van der Waals surface area (Å²) in [7, 11) is -0.808. The van der Waals surface area contributed by atoms with Crippen LogP contribution in [0.1, 0.15) is 28.4 Å². The Morgan fingerprint density at radius 3 is 2.38 bits per heavy atom. The number of nitrogen functional groups attached to an aromatic ring is 1. The fourth-order valence-corrected chi connectivity index (χ4v) is 3.41. The number of sulfonamides is 1. The zero-order chi connectivity index (χ0) is 21.9. The second-order valence-electron chi connectivity index (χ2n) is 6.84. The quantitative estimate of drug-likeness (QED) is 0.548. The number of carbonyl (C=O) groups is 2. The molecule has 0 saturated heterocycles. The van der Waals surface area contributed by atoms with Crippen molar-refractivity contribution < 1.29 is 22.7 Å². The molecule has 0 spiro atoms. The summed E-state index contributed by atoms with van der Waals surface area (Å²) in [5.41, 5.74) is 8.08. The van der Waals surface area contributed by atoms with Gasteiger partial charge in [0.15, 0.2) is 6.10 Å². The molecule has 1 unspecified atom stereocenters. The van der Waals surface area contributed by atoms with E-state index in [1.54, 1.807) is 32.0 Å². The van der Waals surface area contributed by atoms with Gasteiger partial charge in [0, 0.05) is 25.5 Å². The van der Waals surface area contributed by atoms with Gasteiger partial charge in [0.1, 0.15) is 0 Å². The van der Waals surface area contributed by atoms with Gasteiger partial charge in [-0.05, 0) is 50.1 Å². The van der Waals surface area contributed by atoms with Crippen LogP contribution in [0.5, 0.6) is 0 Å². The maximum atomic E-state index is 12.5. The Balaban J connectivity index is 2.17. The molecule has 0 radical (unpaired) electrons. The fraction of sp³-hybridized carbons (Fsp3) is 0.300. The van der Waals surface area contributed by atoms with Gasteiger partial charge in [-0.2, -0.15) is 0 Å². The number of nitrogens with one attached hydrogen (secondary N) is 1. The summed E-state index contributed by atoms with van der Waals surface area (Å²) >= 11 is 0. The number of ether oxygens (including phenoxy) is 1. The summed E-state index contributed by atoms with van der Waals surface area (Å²) in [5.74, 6) is -1.30. The molecule has 0 aliphatic rings. The van der Waals surface area contributed by atoms with Crippen molar-refractivity contribution in [2.24, 2.45) is 0 Å². The average molecular weight is 420 g/mol. The molecule has 0 saturated carbocycles. The Labute approximate surface area is 170 Å². The third kappa shape index (κ3) is 4.93. The summed E-state index contributed by atoms with van der Waals surface area (Å²) in [4.78, 5) is 24.9. The van der Waals surface area contributed by atoms with Crippen LogP contribution in [0, 0.1) is 13.8 Å². The zero-order valence-corrected chi connectivity index (χ0v) is 17.8. The molecule has 9 heteroatoms. The number of benzene rings is 2. The predicted molar refractivity (Wildman–Crippen MR) is 111 cm³/mol. The number of carbonyl (C=O) groups excluding carboxylic acids is 2. The second-order valence-corrected chi connectivity index (χ2v) is 8.99. The highest BCUT2D eigenvalue weighted by atomic mass is 32.2. The predicted octanol–water partition coefficient (Wildman–Crippen LogP) is 2.32. The highest BCUT2D eigenvalue weighted by Gasteiger charge is 2.23. The van der Waals surface area contributed by atoms with E-state index in [1.165, 1.54) is 39.2 Å². The number of hydrogen-bond donors (Lipinski definition) is 2. The number of esters is 1. The first-order chi connectivity index (χ1) is 13.4. The van der Waals surface area contributed by atoms with Gasteiger partial charge in [-0.15, -0.1) is 0 Å². The molecule has 0 aliphatic carbocycles. The first-order valence-electron chi connectivity index (χ1n) is 8.85. The lowest BCUT2D eigenvalue weighted by Gasteiger charge is -2.17. The van der Waals surface area contributed by atoms with Gasteiger partial charge in [-0.3, -0.25) is 4.79 Å². The summed E-state index contributed by atoms with van der Waals surface area (Å²) in [6, 6.07) is 9.39. The molecule has 0 aromatic heterocycles. The van der Waals surface area contributed by atoms with E-state index in [4.69, 9.17) is 10.5 Å². The summed E-state index contributed by atoms with van der Waals surface area (Å²) in [6.07, 6.45) is -1.11. The van der Waals surface area contributed by atoms with Gasteiger partial charge in [0.25, 0.3) is 5.91 Å². The third-order valence-corrected chi connectivity index (χ3v) is 6.25. The molecule has 2 rings (SSSR count). The highest BCUT2D eigenvalue weighted by molar-refractivity contribution is 7.89. The van der Waals surface area contributed by atoms with Crippen molar-refractivity contribution in [1.82, 2.24) is 4.31 Å². The largest absolute Gasteiger partial charge is 0.449 e. The molecule has 2 aromatic rings. The standard InChI is InChI=1S/C20H25N3O5S/c1-12-9-10-15(29(26,27)23(4)5)11-17(12)22-19(24)14(3)28-20(25)16-8-6-7-13(2)18(16)21/h6-11,14H,21H2,1-5H3,(H,22,24). The monoisotopic (exact) mass is 419 g/mol. The van der Waals surface area contributed by atoms with E-state index >= 15 is 0 Å².